The maximum atomic E-state index is 13.0. The second-order valence-electron chi connectivity index (χ2n) is 17.2. The van der Waals surface area contributed by atoms with Gasteiger partial charge in [-0.05, 0) is 107 Å². The Bertz CT molecular complexity index is 1080. The predicted octanol–water partition coefficient (Wildman–Crippen LogP) is -0.0374. The molecule has 5 N–H and O–H groups in total. The minimum absolute atomic E-state index is 0.00652. The van der Waals surface area contributed by atoms with E-state index in [0.717, 1.165) is 91.4 Å². The molecular formula is C46H97N13O5. The van der Waals surface area contributed by atoms with Crippen LogP contribution in [0.3, 0.4) is 0 Å². The summed E-state index contributed by atoms with van der Waals surface area (Å²) in [5.74, 6) is 0.0514. The number of nitrogens with one attached hydrogen (secondary N) is 5. The standard InChI is InChI=1S/C46H97N13O5/c1-11-52(6)37-23-47-42(60)18-32-57(28-16-30-58(33-19-43(61)48-24-38-53(7)12-2)34-20-44(62)49-25-39-54(8)13-3)29-17-31-59(35-21-45(63)50-26-40-55(9)14-4)36-22-46(64)51-27-41-56(10)15-5/h11-41H2,1-10H3,(H,47,60)(H,48,61)(H,49,62)(H,50,63)(H,51,64). The number of nitrogens with zero attached hydrogens (tertiary/aromatic N) is 8. The lowest BCUT2D eigenvalue weighted by molar-refractivity contribution is -0.123. The van der Waals surface area contributed by atoms with Crippen LogP contribution in [0.15, 0.2) is 0 Å². The van der Waals surface area contributed by atoms with Gasteiger partial charge in [0.1, 0.15) is 0 Å². The van der Waals surface area contributed by atoms with E-state index in [9.17, 15) is 24.0 Å². The number of amides is 5. The van der Waals surface area contributed by atoms with Crippen LogP contribution in [-0.2, 0) is 24.0 Å². The summed E-state index contributed by atoms with van der Waals surface area (Å²) in [6, 6.07) is 0. The molecule has 0 aliphatic carbocycles. The van der Waals surface area contributed by atoms with Gasteiger partial charge >= 0.3 is 0 Å². The summed E-state index contributed by atoms with van der Waals surface area (Å²) in [5.41, 5.74) is 0. The fraction of sp³-hybridized carbons (Fsp3) is 0.891. The third kappa shape index (κ3) is 36.3. The molecule has 0 atom stereocenters. The summed E-state index contributed by atoms with van der Waals surface area (Å²) in [6.45, 7) is 27.7. The third-order valence-corrected chi connectivity index (χ3v) is 12.0. The highest BCUT2D eigenvalue weighted by Crippen LogP contribution is 2.05. The molecule has 0 aliphatic heterocycles. The van der Waals surface area contributed by atoms with Crippen LogP contribution in [0, 0.1) is 0 Å². The second-order valence-corrected chi connectivity index (χ2v) is 17.2. The zero-order valence-corrected chi connectivity index (χ0v) is 42.5. The zero-order valence-electron chi connectivity index (χ0n) is 42.5. The Morgan fingerprint density at radius 2 is 0.453 bits per heavy atom. The smallest absolute Gasteiger partial charge is 0.221 e. The first-order valence-corrected chi connectivity index (χ1v) is 24.6. The van der Waals surface area contributed by atoms with Crippen LogP contribution in [0.4, 0.5) is 0 Å². The monoisotopic (exact) mass is 912 g/mol. The summed E-state index contributed by atoms with van der Waals surface area (Å²) in [5, 5.41) is 15.2. The van der Waals surface area contributed by atoms with Crippen LogP contribution < -0.4 is 26.6 Å². The summed E-state index contributed by atoms with van der Waals surface area (Å²) in [4.78, 5) is 81.8. The normalized spacial score (nSPS) is 11.8. The molecule has 0 aromatic rings. The molecule has 0 rings (SSSR count). The highest BCUT2D eigenvalue weighted by Gasteiger charge is 2.16. The Hall–Kier alpha value is -2.97. The number of hydrogen-bond donors (Lipinski definition) is 5. The van der Waals surface area contributed by atoms with Crippen LogP contribution in [0.2, 0.25) is 0 Å². The van der Waals surface area contributed by atoms with Gasteiger partial charge in [0, 0.05) is 130 Å². The molecular weight excluding hydrogens is 815 g/mol. The van der Waals surface area contributed by atoms with Crippen molar-refractivity contribution in [3.05, 3.63) is 0 Å². The van der Waals surface area contributed by atoms with Gasteiger partial charge in [-0.2, -0.15) is 0 Å². The average Bonchev–Trinajstić information content (AvgIpc) is 3.28. The largest absolute Gasteiger partial charge is 0.355 e. The van der Waals surface area contributed by atoms with E-state index in [4.69, 9.17) is 0 Å². The lowest BCUT2D eigenvalue weighted by atomic mass is 10.2. The summed E-state index contributed by atoms with van der Waals surface area (Å²) >= 11 is 0. The van der Waals surface area contributed by atoms with Crippen molar-refractivity contribution in [3.8, 4) is 0 Å². The number of likely N-dealkylation sites (N-methyl/N-ethyl adjacent to an activating group) is 5. The molecule has 0 bridgehead atoms. The Morgan fingerprint density at radius 3 is 0.625 bits per heavy atom. The van der Waals surface area contributed by atoms with Crippen molar-refractivity contribution in [2.45, 2.75) is 79.6 Å². The maximum Gasteiger partial charge on any atom is 0.221 e. The number of hydrogen-bond acceptors (Lipinski definition) is 13. The van der Waals surface area contributed by atoms with Gasteiger partial charge in [-0.1, -0.05) is 34.6 Å². The van der Waals surface area contributed by atoms with Crippen LogP contribution >= 0.6 is 0 Å². The topological polar surface area (TPSA) is 171 Å². The van der Waals surface area contributed by atoms with E-state index in [0.29, 0.717) is 111 Å². The Balaban J connectivity index is 5.77. The molecule has 0 fully saturated rings. The molecule has 0 aromatic carbocycles. The molecule has 0 saturated heterocycles. The van der Waals surface area contributed by atoms with Crippen LogP contribution in [-0.4, -0.2) is 261 Å². The van der Waals surface area contributed by atoms with Crippen LogP contribution in [0.25, 0.3) is 0 Å². The van der Waals surface area contributed by atoms with E-state index in [-0.39, 0.29) is 29.5 Å². The molecule has 64 heavy (non-hydrogen) atoms. The lowest BCUT2D eigenvalue weighted by Gasteiger charge is -2.27. The molecule has 0 spiro atoms. The lowest BCUT2D eigenvalue weighted by Crippen LogP contribution is -2.40. The average molecular weight is 912 g/mol. The first-order valence-electron chi connectivity index (χ1n) is 24.6. The highest BCUT2D eigenvalue weighted by atomic mass is 16.2. The SMILES string of the molecule is CCN(C)CCNC(=O)CCN(CCCN(CCC(=O)NCCN(C)CC)CCC(=O)NCCN(C)CC)CCCN(CCC(=O)NCCN(C)CC)CCC(=O)NCCN(C)CC. The van der Waals surface area contributed by atoms with Crippen LogP contribution in [0.1, 0.15) is 79.6 Å². The second kappa shape index (κ2) is 40.3. The fourth-order valence-electron chi connectivity index (χ4n) is 6.50. The minimum atomic E-state index is 0.00652. The summed E-state index contributed by atoms with van der Waals surface area (Å²) in [6.07, 6.45) is 3.41. The van der Waals surface area contributed by atoms with Gasteiger partial charge < -0.3 is 65.8 Å². The van der Waals surface area contributed by atoms with Crippen molar-refractivity contribution in [2.24, 2.45) is 0 Å². The zero-order chi connectivity index (χ0) is 48.0. The molecule has 5 amide bonds. The first kappa shape index (κ1) is 61.0. The Kier molecular flexibility index (Phi) is 38.4. The molecule has 0 aliphatic rings. The van der Waals surface area contributed by atoms with Gasteiger partial charge in [-0.25, -0.2) is 0 Å². The summed E-state index contributed by atoms with van der Waals surface area (Å²) < 4.78 is 0. The van der Waals surface area contributed by atoms with E-state index in [1.165, 1.54) is 0 Å². The predicted molar refractivity (Wildman–Crippen MR) is 263 cm³/mol. The van der Waals surface area contributed by atoms with Gasteiger partial charge in [-0.3, -0.25) is 24.0 Å². The Morgan fingerprint density at radius 1 is 0.281 bits per heavy atom. The minimum Gasteiger partial charge on any atom is -0.355 e. The van der Waals surface area contributed by atoms with Crippen molar-refractivity contribution in [1.82, 2.24) is 65.8 Å². The molecule has 0 saturated carbocycles. The number of rotatable bonds is 43. The molecule has 18 nitrogen and oxygen atoms in total. The third-order valence-electron chi connectivity index (χ3n) is 12.0. The molecule has 18 heteroatoms. The maximum absolute atomic E-state index is 13.0. The van der Waals surface area contributed by atoms with Crippen molar-refractivity contribution in [1.29, 1.82) is 0 Å². The first-order chi connectivity index (χ1) is 30.6. The highest BCUT2D eigenvalue weighted by molar-refractivity contribution is 5.77. The van der Waals surface area contributed by atoms with Gasteiger partial charge in [-0.15, -0.1) is 0 Å². The van der Waals surface area contributed by atoms with E-state index in [1.807, 2.05) is 35.2 Å². The number of carbonyl (C=O) groups is 5. The van der Waals surface area contributed by atoms with E-state index < -0.39 is 0 Å². The van der Waals surface area contributed by atoms with Gasteiger partial charge in [0.2, 0.25) is 29.5 Å². The molecule has 0 radical (unpaired) electrons. The van der Waals surface area contributed by atoms with Crippen LogP contribution in [0.5, 0.6) is 0 Å². The molecule has 0 unspecified atom stereocenters. The Labute approximate surface area is 390 Å². The molecule has 0 heterocycles. The van der Waals surface area contributed by atoms with E-state index in [1.54, 1.807) is 0 Å². The van der Waals surface area contributed by atoms with E-state index >= 15 is 0 Å². The van der Waals surface area contributed by atoms with Crippen molar-refractivity contribution in [3.63, 3.8) is 0 Å². The summed E-state index contributed by atoms with van der Waals surface area (Å²) in [7, 11) is 10.2. The van der Waals surface area contributed by atoms with Crippen molar-refractivity contribution in [2.75, 3.05) is 192 Å². The van der Waals surface area contributed by atoms with E-state index in [2.05, 4.69) is 100 Å². The van der Waals surface area contributed by atoms with Crippen molar-refractivity contribution >= 4 is 29.5 Å². The van der Waals surface area contributed by atoms with Crippen molar-refractivity contribution < 1.29 is 24.0 Å². The number of carbonyl (C=O) groups excluding carboxylic acids is 5. The fourth-order valence-corrected chi connectivity index (χ4v) is 6.50. The quantitative estimate of drug-likeness (QED) is 0.0554. The van der Waals surface area contributed by atoms with Gasteiger partial charge in [0.15, 0.2) is 0 Å². The molecule has 376 valence electrons. The molecule has 0 aromatic heterocycles. The van der Waals surface area contributed by atoms with Gasteiger partial charge in [0.05, 0.1) is 0 Å². The van der Waals surface area contributed by atoms with Gasteiger partial charge in [0.25, 0.3) is 0 Å².